The van der Waals surface area contributed by atoms with Crippen molar-refractivity contribution in [3.63, 3.8) is 0 Å². The molecule has 2 amide bonds. The zero-order chi connectivity index (χ0) is 18.8. The van der Waals surface area contributed by atoms with Crippen molar-refractivity contribution in [2.45, 2.75) is 45.3 Å². The van der Waals surface area contributed by atoms with Crippen LogP contribution in [0.15, 0.2) is 16.6 Å². The fourth-order valence-corrected chi connectivity index (χ4v) is 3.05. The van der Waals surface area contributed by atoms with E-state index in [1.54, 1.807) is 20.8 Å². The number of hydrogen-bond donors (Lipinski definition) is 1. The molecule has 0 aromatic heterocycles. The van der Waals surface area contributed by atoms with Crippen LogP contribution >= 0.6 is 15.9 Å². The van der Waals surface area contributed by atoms with E-state index in [-0.39, 0.29) is 22.6 Å². The monoisotopic (exact) mass is 418 g/mol. The van der Waals surface area contributed by atoms with Crippen molar-refractivity contribution < 1.29 is 23.1 Å². The van der Waals surface area contributed by atoms with Crippen molar-refractivity contribution in [3.05, 3.63) is 33.8 Å². The first kappa shape index (κ1) is 19.6. The lowest BCUT2D eigenvalue weighted by Crippen LogP contribution is -2.50. The lowest BCUT2D eigenvalue weighted by molar-refractivity contribution is 0.0452. The molecule has 25 heavy (non-hydrogen) atoms. The SMILES string of the molecule is CC(C)(C)OC(=O)N[C@H]1CCCN(C(=O)c2cc(F)c(F)c(Br)c2)C1. The molecule has 138 valence electrons. The highest BCUT2D eigenvalue weighted by Gasteiger charge is 2.28. The minimum Gasteiger partial charge on any atom is -0.444 e. The van der Waals surface area contributed by atoms with Crippen molar-refractivity contribution in [3.8, 4) is 0 Å². The van der Waals surface area contributed by atoms with Gasteiger partial charge in [-0.2, -0.15) is 0 Å². The third-order valence-electron chi connectivity index (χ3n) is 3.66. The number of hydrogen-bond acceptors (Lipinski definition) is 3. The molecule has 2 rings (SSSR count). The Kier molecular flexibility index (Phi) is 6.03. The molecule has 0 unspecified atom stereocenters. The van der Waals surface area contributed by atoms with Gasteiger partial charge in [-0.3, -0.25) is 4.79 Å². The molecule has 0 radical (unpaired) electrons. The van der Waals surface area contributed by atoms with Crippen LogP contribution < -0.4 is 5.32 Å². The van der Waals surface area contributed by atoms with Gasteiger partial charge in [-0.05, 0) is 61.7 Å². The summed E-state index contributed by atoms with van der Waals surface area (Å²) in [5.74, 6) is -2.52. The standard InChI is InChI=1S/C17H21BrF2N2O3/c1-17(2,3)25-16(24)21-11-5-4-6-22(9-11)15(23)10-7-12(18)14(20)13(19)8-10/h7-8,11H,4-6,9H2,1-3H3,(H,21,24)/t11-/m0/s1. The zero-order valence-corrected chi connectivity index (χ0v) is 16.0. The van der Waals surface area contributed by atoms with Gasteiger partial charge in [0.2, 0.25) is 0 Å². The van der Waals surface area contributed by atoms with Crippen LogP contribution in [0.3, 0.4) is 0 Å². The average molecular weight is 419 g/mol. The van der Waals surface area contributed by atoms with E-state index in [0.717, 1.165) is 6.07 Å². The van der Waals surface area contributed by atoms with Gasteiger partial charge in [-0.25, -0.2) is 13.6 Å². The van der Waals surface area contributed by atoms with Crippen LogP contribution in [0.1, 0.15) is 44.0 Å². The molecule has 1 aliphatic rings. The Bertz CT molecular complexity index is 653. The number of halogens is 3. The predicted octanol–water partition coefficient (Wildman–Crippen LogP) is 3.86. The molecule has 1 aromatic carbocycles. The van der Waals surface area contributed by atoms with Crippen LogP contribution in [0.2, 0.25) is 0 Å². The van der Waals surface area contributed by atoms with Gasteiger partial charge in [-0.1, -0.05) is 0 Å². The van der Waals surface area contributed by atoms with Crippen molar-refractivity contribution in [2.24, 2.45) is 0 Å². The number of benzene rings is 1. The van der Waals surface area contributed by atoms with E-state index < -0.39 is 29.2 Å². The molecule has 1 heterocycles. The van der Waals surface area contributed by atoms with Gasteiger partial charge in [0.05, 0.1) is 4.47 Å². The van der Waals surface area contributed by atoms with Crippen LogP contribution in [-0.4, -0.2) is 41.6 Å². The maximum atomic E-state index is 13.5. The van der Waals surface area contributed by atoms with E-state index in [1.165, 1.54) is 11.0 Å². The maximum absolute atomic E-state index is 13.5. The summed E-state index contributed by atoms with van der Waals surface area (Å²) in [6.07, 6.45) is 0.865. The van der Waals surface area contributed by atoms with E-state index in [2.05, 4.69) is 21.2 Å². The fraction of sp³-hybridized carbons (Fsp3) is 0.529. The Morgan fingerprint density at radius 3 is 2.60 bits per heavy atom. The number of nitrogens with zero attached hydrogens (tertiary/aromatic N) is 1. The number of likely N-dealkylation sites (tertiary alicyclic amines) is 1. The lowest BCUT2D eigenvalue weighted by Gasteiger charge is -2.33. The molecule has 0 spiro atoms. The number of piperidine rings is 1. The summed E-state index contributed by atoms with van der Waals surface area (Å²) in [5, 5.41) is 2.75. The molecule has 0 aliphatic carbocycles. The highest BCUT2D eigenvalue weighted by molar-refractivity contribution is 9.10. The number of nitrogens with one attached hydrogen (secondary N) is 1. The Labute approximate surface area is 153 Å². The molecule has 1 atom stereocenters. The number of carbonyl (C=O) groups is 2. The van der Waals surface area contributed by atoms with Gasteiger partial charge in [0.15, 0.2) is 11.6 Å². The van der Waals surface area contributed by atoms with E-state index in [0.29, 0.717) is 19.4 Å². The Balaban J connectivity index is 2.03. The number of alkyl carbamates (subject to hydrolysis) is 1. The van der Waals surface area contributed by atoms with Crippen LogP contribution in [0.5, 0.6) is 0 Å². The molecule has 8 heteroatoms. The number of amides is 2. The van der Waals surface area contributed by atoms with Crippen LogP contribution in [0.4, 0.5) is 13.6 Å². The summed E-state index contributed by atoms with van der Waals surface area (Å²) in [7, 11) is 0. The molecule has 5 nitrogen and oxygen atoms in total. The zero-order valence-electron chi connectivity index (χ0n) is 14.4. The second kappa shape index (κ2) is 7.68. The van der Waals surface area contributed by atoms with Gasteiger partial charge in [-0.15, -0.1) is 0 Å². The van der Waals surface area contributed by atoms with Gasteiger partial charge < -0.3 is 15.0 Å². The minimum atomic E-state index is -1.09. The first-order chi connectivity index (χ1) is 11.6. The van der Waals surface area contributed by atoms with Gasteiger partial charge >= 0.3 is 6.09 Å². The molecular formula is C17H21BrF2N2O3. The minimum absolute atomic E-state index is 0.0590. The Hall–Kier alpha value is -1.70. The molecule has 1 aliphatic heterocycles. The van der Waals surface area contributed by atoms with E-state index in [1.807, 2.05) is 0 Å². The van der Waals surface area contributed by atoms with Crippen molar-refractivity contribution >= 4 is 27.9 Å². The molecule has 1 N–H and O–H groups in total. The topological polar surface area (TPSA) is 58.6 Å². The second-order valence-electron chi connectivity index (χ2n) is 6.99. The normalized spacial score (nSPS) is 18.0. The largest absolute Gasteiger partial charge is 0.444 e. The van der Waals surface area contributed by atoms with Crippen LogP contribution in [-0.2, 0) is 4.74 Å². The summed E-state index contributed by atoms with van der Waals surface area (Å²) in [6.45, 7) is 6.08. The quantitative estimate of drug-likeness (QED) is 0.741. The van der Waals surface area contributed by atoms with Crippen LogP contribution in [0.25, 0.3) is 0 Å². The van der Waals surface area contributed by atoms with Gasteiger partial charge in [0, 0.05) is 24.7 Å². The highest BCUT2D eigenvalue weighted by atomic mass is 79.9. The summed E-state index contributed by atoms with van der Waals surface area (Å²) in [5.41, 5.74) is -0.546. The number of ether oxygens (including phenoxy) is 1. The van der Waals surface area contributed by atoms with Crippen molar-refractivity contribution in [1.82, 2.24) is 10.2 Å². The van der Waals surface area contributed by atoms with E-state index in [4.69, 9.17) is 4.74 Å². The summed E-state index contributed by atoms with van der Waals surface area (Å²) < 4.78 is 32.0. The molecule has 1 aromatic rings. The highest BCUT2D eigenvalue weighted by Crippen LogP contribution is 2.22. The van der Waals surface area contributed by atoms with Gasteiger partial charge in [0.1, 0.15) is 5.60 Å². The first-order valence-electron chi connectivity index (χ1n) is 8.00. The molecule has 0 saturated carbocycles. The van der Waals surface area contributed by atoms with Gasteiger partial charge in [0.25, 0.3) is 5.91 Å². The Morgan fingerprint density at radius 2 is 2.00 bits per heavy atom. The predicted molar refractivity (Wildman–Crippen MR) is 92.4 cm³/mol. The lowest BCUT2D eigenvalue weighted by atomic mass is 10.0. The van der Waals surface area contributed by atoms with E-state index in [9.17, 15) is 18.4 Å². The molecule has 0 bridgehead atoms. The average Bonchev–Trinajstić information content (AvgIpc) is 2.49. The Morgan fingerprint density at radius 1 is 1.32 bits per heavy atom. The maximum Gasteiger partial charge on any atom is 0.407 e. The third-order valence-corrected chi connectivity index (χ3v) is 4.24. The smallest absolute Gasteiger partial charge is 0.407 e. The molecule has 1 fully saturated rings. The van der Waals surface area contributed by atoms with Crippen molar-refractivity contribution in [1.29, 1.82) is 0 Å². The molecule has 1 saturated heterocycles. The molecular weight excluding hydrogens is 398 g/mol. The second-order valence-corrected chi connectivity index (χ2v) is 7.84. The van der Waals surface area contributed by atoms with Crippen molar-refractivity contribution in [2.75, 3.05) is 13.1 Å². The first-order valence-corrected chi connectivity index (χ1v) is 8.79. The summed E-state index contributed by atoms with van der Waals surface area (Å²) in [6, 6.07) is 1.89. The number of rotatable bonds is 2. The van der Waals surface area contributed by atoms with E-state index >= 15 is 0 Å². The fourth-order valence-electron chi connectivity index (χ4n) is 2.62. The summed E-state index contributed by atoms with van der Waals surface area (Å²) >= 11 is 2.90. The van der Waals surface area contributed by atoms with Crippen LogP contribution in [0, 0.1) is 11.6 Å². The third kappa shape index (κ3) is 5.39. The number of carbonyl (C=O) groups excluding carboxylic acids is 2. The summed E-state index contributed by atoms with van der Waals surface area (Å²) in [4.78, 5) is 25.9.